The maximum atomic E-state index is 10.7. The monoisotopic (exact) mass is 222 g/mol. The largest absolute Gasteiger partial charge is 0.385 e. The average molecular weight is 222 g/mol. The Balaban J connectivity index is 2.71. The first-order chi connectivity index (χ1) is 7.73. The van der Waals surface area contributed by atoms with E-state index in [1.54, 1.807) is 7.11 Å². The Morgan fingerprint density at radius 1 is 1.19 bits per heavy atom. The van der Waals surface area contributed by atoms with Crippen LogP contribution < -0.4 is 0 Å². The van der Waals surface area contributed by atoms with Crippen molar-refractivity contribution >= 4 is 0 Å². The maximum absolute atomic E-state index is 10.7. The third kappa shape index (κ3) is 3.62. The van der Waals surface area contributed by atoms with E-state index in [4.69, 9.17) is 4.74 Å². The van der Waals surface area contributed by atoms with Crippen molar-refractivity contribution in [2.75, 3.05) is 13.7 Å². The van der Waals surface area contributed by atoms with E-state index in [1.807, 2.05) is 30.3 Å². The zero-order valence-corrected chi connectivity index (χ0v) is 10.3. The van der Waals surface area contributed by atoms with Crippen LogP contribution in [-0.2, 0) is 10.3 Å². The Kier molecular flexibility index (Phi) is 5.50. The van der Waals surface area contributed by atoms with Gasteiger partial charge in [-0.3, -0.25) is 0 Å². The van der Waals surface area contributed by atoms with E-state index in [1.165, 1.54) is 0 Å². The van der Waals surface area contributed by atoms with Crippen LogP contribution in [0.4, 0.5) is 0 Å². The maximum Gasteiger partial charge on any atom is 0.0897 e. The highest BCUT2D eigenvalue weighted by Crippen LogP contribution is 2.31. The van der Waals surface area contributed by atoms with Gasteiger partial charge in [0.25, 0.3) is 0 Å². The van der Waals surface area contributed by atoms with E-state index in [9.17, 15) is 5.11 Å². The summed E-state index contributed by atoms with van der Waals surface area (Å²) in [6, 6.07) is 9.94. The van der Waals surface area contributed by atoms with E-state index in [0.29, 0.717) is 6.61 Å². The molecule has 0 heterocycles. The minimum Gasteiger partial charge on any atom is -0.385 e. The molecule has 1 aromatic carbocycles. The molecule has 2 nitrogen and oxygen atoms in total. The molecule has 0 amide bonds. The summed E-state index contributed by atoms with van der Waals surface area (Å²) in [7, 11) is 1.70. The lowest BCUT2D eigenvalue weighted by Gasteiger charge is -2.28. The van der Waals surface area contributed by atoms with Gasteiger partial charge < -0.3 is 9.84 Å². The van der Waals surface area contributed by atoms with Crippen LogP contribution in [0.3, 0.4) is 0 Å². The lowest BCUT2D eigenvalue weighted by Crippen LogP contribution is -2.25. The number of aliphatic hydroxyl groups is 1. The number of hydrogen-bond acceptors (Lipinski definition) is 2. The van der Waals surface area contributed by atoms with Crippen LogP contribution in [0.1, 0.15) is 38.2 Å². The van der Waals surface area contributed by atoms with Gasteiger partial charge in [-0.2, -0.15) is 0 Å². The van der Waals surface area contributed by atoms with Gasteiger partial charge in [-0.05, 0) is 24.8 Å². The third-order valence-corrected chi connectivity index (χ3v) is 2.91. The number of rotatable bonds is 7. The predicted octanol–water partition coefficient (Wildman–Crippen LogP) is 3.10. The Hall–Kier alpha value is -0.860. The summed E-state index contributed by atoms with van der Waals surface area (Å²) < 4.78 is 5.04. The predicted molar refractivity (Wildman–Crippen MR) is 66.4 cm³/mol. The van der Waals surface area contributed by atoms with Gasteiger partial charge >= 0.3 is 0 Å². The van der Waals surface area contributed by atoms with Crippen molar-refractivity contribution in [1.29, 1.82) is 0 Å². The summed E-state index contributed by atoms with van der Waals surface area (Å²) in [6.45, 7) is 2.81. The van der Waals surface area contributed by atoms with Crippen molar-refractivity contribution < 1.29 is 9.84 Å². The minimum absolute atomic E-state index is 0.686. The first-order valence-corrected chi connectivity index (χ1v) is 6.00. The second-order valence-corrected chi connectivity index (χ2v) is 4.24. The molecular weight excluding hydrogens is 200 g/mol. The SMILES string of the molecule is CCCC(O)(CCCOC)c1ccccc1. The summed E-state index contributed by atoms with van der Waals surface area (Å²) in [4.78, 5) is 0. The Bertz CT molecular complexity index is 284. The minimum atomic E-state index is -0.686. The van der Waals surface area contributed by atoms with E-state index in [-0.39, 0.29) is 0 Å². The number of hydrogen-bond donors (Lipinski definition) is 1. The van der Waals surface area contributed by atoms with Gasteiger partial charge in [0.15, 0.2) is 0 Å². The molecular formula is C14H22O2. The van der Waals surface area contributed by atoms with Gasteiger partial charge in [0.1, 0.15) is 0 Å². The van der Waals surface area contributed by atoms with E-state index in [2.05, 4.69) is 6.92 Å². The fourth-order valence-electron chi connectivity index (χ4n) is 2.08. The fourth-order valence-corrected chi connectivity index (χ4v) is 2.08. The molecule has 0 fully saturated rings. The standard InChI is InChI=1S/C14H22O2/c1-3-10-14(15,11-7-12-16-2)13-8-5-4-6-9-13/h4-6,8-9,15H,3,7,10-12H2,1-2H3. The van der Waals surface area contributed by atoms with Gasteiger partial charge in [0.2, 0.25) is 0 Å². The molecule has 0 bridgehead atoms. The molecule has 0 radical (unpaired) electrons. The van der Waals surface area contributed by atoms with Gasteiger partial charge in [-0.25, -0.2) is 0 Å². The van der Waals surface area contributed by atoms with Gasteiger partial charge in [-0.1, -0.05) is 43.7 Å². The van der Waals surface area contributed by atoms with Crippen LogP contribution >= 0.6 is 0 Å². The van der Waals surface area contributed by atoms with Crippen molar-refractivity contribution in [3.8, 4) is 0 Å². The molecule has 0 aliphatic heterocycles. The van der Waals surface area contributed by atoms with Gasteiger partial charge in [-0.15, -0.1) is 0 Å². The summed E-state index contributed by atoms with van der Waals surface area (Å²) in [5, 5.41) is 10.7. The van der Waals surface area contributed by atoms with Crippen LogP contribution in [0.5, 0.6) is 0 Å². The highest BCUT2D eigenvalue weighted by atomic mass is 16.5. The molecule has 1 aromatic rings. The molecule has 2 heteroatoms. The molecule has 0 aliphatic carbocycles. The summed E-state index contributed by atoms with van der Waals surface area (Å²) in [5.74, 6) is 0. The zero-order chi connectivity index (χ0) is 11.9. The first-order valence-electron chi connectivity index (χ1n) is 6.00. The van der Waals surface area contributed by atoms with Gasteiger partial charge in [0, 0.05) is 13.7 Å². The van der Waals surface area contributed by atoms with Crippen LogP contribution in [0.2, 0.25) is 0 Å². The van der Waals surface area contributed by atoms with E-state index >= 15 is 0 Å². The van der Waals surface area contributed by atoms with Crippen molar-refractivity contribution in [3.63, 3.8) is 0 Å². The second kappa shape index (κ2) is 6.66. The summed E-state index contributed by atoms with van der Waals surface area (Å²) in [5.41, 5.74) is 0.335. The number of benzene rings is 1. The van der Waals surface area contributed by atoms with Crippen LogP contribution in [0, 0.1) is 0 Å². The number of methoxy groups -OCH3 is 1. The molecule has 90 valence electrons. The Labute approximate surface area is 98.3 Å². The van der Waals surface area contributed by atoms with Crippen LogP contribution in [0.25, 0.3) is 0 Å². The quantitative estimate of drug-likeness (QED) is 0.718. The van der Waals surface area contributed by atoms with Crippen molar-refractivity contribution in [2.45, 2.75) is 38.2 Å². The topological polar surface area (TPSA) is 29.5 Å². The summed E-state index contributed by atoms with van der Waals surface area (Å²) >= 11 is 0. The molecule has 1 unspecified atom stereocenters. The molecule has 0 spiro atoms. The lowest BCUT2D eigenvalue weighted by molar-refractivity contribution is 0.00945. The Morgan fingerprint density at radius 2 is 1.88 bits per heavy atom. The van der Waals surface area contributed by atoms with Crippen LogP contribution in [-0.4, -0.2) is 18.8 Å². The van der Waals surface area contributed by atoms with E-state index in [0.717, 1.165) is 31.2 Å². The average Bonchev–Trinajstić information content (AvgIpc) is 2.31. The second-order valence-electron chi connectivity index (χ2n) is 4.24. The van der Waals surface area contributed by atoms with Crippen LogP contribution in [0.15, 0.2) is 30.3 Å². The molecule has 0 saturated heterocycles. The molecule has 0 aliphatic rings. The highest BCUT2D eigenvalue weighted by molar-refractivity contribution is 5.22. The normalized spacial score (nSPS) is 14.7. The third-order valence-electron chi connectivity index (χ3n) is 2.91. The molecule has 0 saturated carbocycles. The highest BCUT2D eigenvalue weighted by Gasteiger charge is 2.27. The van der Waals surface area contributed by atoms with Crippen molar-refractivity contribution in [2.24, 2.45) is 0 Å². The lowest BCUT2D eigenvalue weighted by atomic mass is 9.85. The van der Waals surface area contributed by atoms with Crippen molar-refractivity contribution in [1.82, 2.24) is 0 Å². The van der Waals surface area contributed by atoms with E-state index < -0.39 is 5.60 Å². The molecule has 1 N–H and O–H groups in total. The van der Waals surface area contributed by atoms with Crippen molar-refractivity contribution in [3.05, 3.63) is 35.9 Å². The number of ether oxygens (including phenoxy) is 1. The Morgan fingerprint density at radius 3 is 2.44 bits per heavy atom. The summed E-state index contributed by atoms with van der Waals surface area (Å²) in [6.07, 6.45) is 3.44. The fraction of sp³-hybridized carbons (Fsp3) is 0.571. The van der Waals surface area contributed by atoms with Gasteiger partial charge in [0.05, 0.1) is 5.60 Å². The first kappa shape index (κ1) is 13.2. The zero-order valence-electron chi connectivity index (χ0n) is 10.3. The molecule has 16 heavy (non-hydrogen) atoms. The smallest absolute Gasteiger partial charge is 0.0897 e. The molecule has 1 atom stereocenters. The molecule has 0 aromatic heterocycles. The molecule has 1 rings (SSSR count).